The van der Waals surface area contributed by atoms with Crippen LogP contribution in [0.25, 0.3) is 11.1 Å². The Morgan fingerprint density at radius 2 is 1.55 bits per heavy atom. The van der Waals surface area contributed by atoms with Gasteiger partial charge in [-0.1, -0.05) is 72.3 Å². The van der Waals surface area contributed by atoms with Crippen LogP contribution in [0, 0.1) is 6.92 Å². The van der Waals surface area contributed by atoms with Crippen molar-refractivity contribution in [3.05, 3.63) is 88.9 Å². The predicted molar refractivity (Wildman–Crippen MR) is 92.4 cm³/mol. The summed E-state index contributed by atoms with van der Waals surface area (Å²) >= 11 is 5.98. The first-order valence-electron chi connectivity index (χ1n) is 7.26. The van der Waals surface area contributed by atoms with Gasteiger partial charge in [-0.25, -0.2) is 0 Å². The second-order valence-electron chi connectivity index (χ2n) is 5.23. The van der Waals surface area contributed by atoms with Gasteiger partial charge in [-0.2, -0.15) is 0 Å². The summed E-state index contributed by atoms with van der Waals surface area (Å²) in [5, 5.41) is 0.739. The van der Waals surface area contributed by atoms with Gasteiger partial charge in [0.2, 0.25) is 0 Å². The molecule has 0 fully saturated rings. The van der Waals surface area contributed by atoms with E-state index in [-0.39, 0.29) is 0 Å². The van der Waals surface area contributed by atoms with Crippen molar-refractivity contribution in [2.24, 2.45) is 0 Å². The molecule has 3 aromatic rings. The van der Waals surface area contributed by atoms with Crippen LogP contribution in [-0.2, 0) is 6.61 Å². The maximum atomic E-state index is 6.11. The Bertz CT molecular complexity index is 748. The molecule has 0 aromatic heterocycles. The minimum atomic E-state index is 0.562. The largest absolute Gasteiger partial charge is 0.488 e. The predicted octanol–water partition coefficient (Wildman–Crippen LogP) is 5.89. The van der Waals surface area contributed by atoms with Gasteiger partial charge in [0, 0.05) is 10.6 Å². The van der Waals surface area contributed by atoms with Crippen molar-refractivity contribution in [3.8, 4) is 16.9 Å². The zero-order valence-electron chi connectivity index (χ0n) is 12.4. The van der Waals surface area contributed by atoms with E-state index in [4.69, 9.17) is 16.3 Å². The molecule has 3 rings (SSSR count). The fourth-order valence-corrected chi connectivity index (χ4v) is 2.56. The van der Waals surface area contributed by atoms with Crippen LogP contribution in [0.15, 0.2) is 72.8 Å². The Hall–Kier alpha value is -2.25. The number of ether oxygens (including phenoxy) is 1. The molecule has 0 spiro atoms. The average Bonchev–Trinajstić information content (AvgIpc) is 2.55. The molecule has 2 heteroatoms. The lowest BCUT2D eigenvalue weighted by atomic mass is 10.0. The van der Waals surface area contributed by atoms with E-state index in [9.17, 15) is 0 Å². The van der Waals surface area contributed by atoms with Gasteiger partial charge in [0.25, 0.3) is 0 Å². The molecule has 0 amide bonds. The quantitative estimate of drug-likeness (QED) is 0.583. The molecule has 110 valence electrons. The monoisotopic (exact) mass is 308 g/mol. The van der Waals surface area contributed by atoms with E-state index in [1.807, 2.05) is 42.5 Å². The standard InChI is InChI=1S/C20H17ClO/c1-15-6-5-9-19(17-10-12-18(21)13-11-17)20(15)22-14-16-7-3-2-4-8-16/h2-13H,14H2,1H3. The van der Waals surface area contributed by atoms with Gasteiger partial charge in [0.1, 0.15) is 12.4 Å². The van der Waals surface area contributed by atoms with Gasteiger partial charge in [-0.3, -0.25) is 0 Å². The van der Waals surface area contributed by atoms with Crippen LogP contribution in [0.3, 0.4) is 0 Å². The van der Waals surface area contributed by atoms with E-state index in [0.717, 1.165) is 33.0 Å². The van der Waals surface area contributed by atoms with Crippen LogP contribution < -0.4 is 4.74 Å². The number of hydrogen-bond donors (Lipinski definition) is 0. The zero-order chi connectivity index (χ0) is 15.4. The normalized spacial score (nSPS) is 10.5. The van der Waals surface area contributed by atoms with Gasteiger partial charge < -0.3 is 4.74 Å². The van der Waals surface area contributed by atoms with Gasteiger partial charge in [0.05, 0.1) is 0 Å². The summed E-state index contributed by atoms with van der Waals surface area (Å²) in [4.78, 5) is 0. The highest BCUT2D eigenvalue weighted by atomic mass is 35.5. The molecule has 0 saturated carbocycles. The first-order valence-corrected chi connectivity index (χ1v) is 7.64. The fourth-order valence-electron chi connectivity index (χ4n) is 2.43. The van der Waals surface area contributed by atoms with Crippen molar-refractivity contribution < 1.29 is 4.74 Å². The highest BCUT2D eigenvalue weighted by molar-refractivity contribution is 6.30. The van der Waals surface area contributed by atoms with Crippen LogP contribution >= 0.6 is 11.6 Å². The first-order chi connectivity index (χ1) is 10.7. The van der Waals surface area contributed by atoms with Gasteiger partial charge in [-0.05, 0) is 35.7 Å². The van der Waals surface area contributed by atoms with Crippen molar-refractivity contribution in [1.29, 1.82) is 0 Å². The third-order valence-electron chi connectivity index (χ3n) is 3.59. The van der Waals surface area contributed by atoms with Crippen molar-refractivity contribution in [2.75, 3.05) is 0 Å². The van der Waals surface area contributed by atoms with E-state index in [1.165, 1.54) is 0 Å². The summed E-state index contributed by atoms with van der Waals surface area (Å²) in [5.41, 5.74) is 4.49. The zero-order valence-corrected chi connectivity index (χ0v) is 13.2. The second kappa shape index (κ2) is 6.67. The highest BCUT2D eigenvalue weighted by Crippen LogP contribution is 2.34. The van der Waals surface area contributed by atoms with Gasteiger partial charge in [-0.15, -0.1) is 0 Å². The maximum absolute atomic E-state index is 6.11. The molecule has 1 nitrogen and oxygen atoms in total. The van der Waals surface area contributed by atoms with Crippen molar-refractivity contribution in [3.63, 3.8) is 0 Å². The Morgan fingerprint density at radius 3 is 2.27 bits per heavy atom. The molecule has 0 N–H and O–H groups in total. The molecule has 0 aliphatic carbocycles. The van der Waals surface area contributed by atoms with E-state index in [1.54, 1.807) is 0 Å². The first kappa shape index (κ1) is 14.7. The lowest BCUT2D eigenvalue weighted by Crippen LogP contribution is -1.98. The molecule has 0 radical (unpaired) electrons. The average molecular weight is 309 g/mol. The minimum absolute atomic E-state index is 0.562. The van der Waals surface area contributed by atoms with E-state index < -0.39 is 0 Å². The van der Waals surface area contributed by atoms with Crippen LogP contribution in [-0.4, -0.2) is 0 Å². The van der Waals surface area contributed by atoms with Crippen molar-refractivity contribution in [1.82, 2.24) is 0 Å². The van der Waals surface area contributed by atoms with Crippen LogP contribution in [0.2, 0.25) is 5.02 Å². The smallest absolute Gasteiger partial charge is 0.130 e. The number of aryl methyl sites for hydroxylation is 1. The fraction of sp³-hybridized carbons (Fsp3) is 0.100. The SMILES string of the molecule is Cc1cccc(-c2ccc(Cl)cc2)c1OCc1ccccc1. The van der Waals surface area contributed by atoms with Gasteiger partial charge >= 0.3 is 0 Å². The third kappa shape index (κ3) is 3.32. The Labute approximate surface area is 136 Å². The molecule has 22 heavy (non-hydrogen) atoms. The summed E-state index contributed by atoms with van der Waals surface area (Å²) in [7, 11) is 0. The molecule has 0 aliphatic rings. The highest BCUT2D eigenvalue weighted by Gasteiger charge is 2.09. The molecule has 3 aromatic carbocycles. The van der Waals surface area contributed by atoms with Gasteiger partial charge in [0.15, 0.2) is 0 Å². The van der Waals surface area contributed by atoms with Crippen LogP contribution in [0.5, 0.6) is 5.75 Å². The summed E-state index contributed by atoms with van der Waals surface area (Å²) in [5.74, 6) is 0.925. The molecule has 0 aliphatic heterocycles. The van der Waals surface area contributed by atoms with Crippen LogP contribution in [0.1, 0.15) is 11.1 Å². The number of rotatable bonds is 4. The topological polar surface area (TPSA) is 9.23 Å². The molecule has 0 unspecified atom stereocenters. The van der Waals surface area contributed by atoms with E-state index in [0.29, 0.717) is 6.61 Å². The Balaban J connectivity index is 1.91. The maximum Gasteiger partial charge on any atom is 0.130 e. The molecular weight excluding hydrogens is 292 g/mol. The van der Waals surface area contributed by atoms with E-state index >= 15 is 0 Å². The summed E-state index contributed by atoms with van der Waals surface area (Å²) in [6.45, 7) is 2.63. The number of benzene rings is 3. The number of hydrogen-bond acceptors (Lipinski definition) is 1. The third-order valence-corrected chi connectivity index (χ3v) is 3.85. The number of para-hydroxylation sites is 1. The summed E-state index contributed by atoms with van der Waals surface area (Å²) < 4.78 is 6.11. The summed E-state index contributed by atoms with van der Waals surface area (Å²) in [6, 6.07) is 24.2. The molecule has 0 heterocycles. The number of halogens is 1. The molecule has 0 atom stereocenters. The molecular formula is C20H17ClO. The van der Waals surface area contributed by atoms with E-state index in [2.05, 4.69) is 37.3 Å². The van der Waals surface area contributed by atoms with Crippen molar-refractivity contribution >= 4 is 11.6 Å². The van der Waals surface area contributed by atoms with Crippen LogP contribution in [0.4, 0.5) is 0 Å². The molecule has 0 saturated heterocycles. The lowest BCUT2D eigenvalue weighted by molar-refractivity contribution is 0.305. The van der Waals surface area contributed by atoms with Crippen molar-refractivity contribution in [2.45, 2.75) is 13.5 Å². The molecule has 0 bridgehead atoms. The summed E-state index contributed by atoms with van der Waals surface area (Å²) in [6.07, 6.45) is 0. The lowest BCUT2D eigenvalue weighted by Gasteiger charge is -2.14. The Kier molecular flexibility index (Phi) is 4.45. The minimum Gasteiger partial charge on any atom is -0.488 e. The second-order valence-corrected chi connectivity index (χ2v) is 5.67. The Morgan fingerprint density at radius 1 is 0.818 bits per heavy atom.